The van der Waals surface area contributed by atoms with Gasteiger partial charge in [0.15, 0.2) is 0 Å². The van der Waals surface area contributed by atoms with Crippen LogP contribution in [0.15, 0.2) is 4.99 Å². The minimum Gasteiger partial charge on any atom is -0.242 e. The largest absolute Gasteiger partial charge is 0.242 e. The predicted octanol–water partition coefficient (Wildman–Crippen LogP) is 2.49. The molecular formula is C7H13ClN2. The van der Waals surface area contributed by atoms with Crippen molar-refractivity contribution in [3.05, 3.63) is 0 Å². The zero-order valence-corrected chi connectivity index (χ0v) is 6.78. The third kappa shape index (κ3) is 3.00. The van der Waals surface area contributed by atoms with Crippen molar-refractivity contribution in [2.45, 2.75) is 38.1 Å². The zero-order chi connectivity index (χ0) is 6.53. The fourth-order valence-corrected chi connectivity index (χ4v) is 1.30. The predicted molar refractivity (Wildman–Crippen MR) is 44.3 cm³/mol. The number of halogens is 1. The Morgan fingerprint density at radius 1 is 1.20 bits per heavy atom. The Morgan fingerprint density at radius 3 is 2.30 bits per heavy atom. The Bertz CT molecular complexity index is 124. The molecule has 0 aromatic carbocycles. The fourth-order valence-electron chi connectivity index (χ4n) is 1.30. The number of nitrogens with one attached hydrogen (secondary N) is 1. The number of rotatable bonds is 1. The first-order valence-electron chi connectivity index (χ1n) is 3.55. The molecule has 0 radical (unpaired) electrons. The lowest BCUT2D eigenvalue weighted by Gasteiger charge is -2.15. The van der Waals surface area contributed by atoms with Crippen LogP contribution in [-0.4, -0.2) is 12.1 Å². The van der Waals surface area contributed by atoms with Crippen molar-refractivity contribution in [2.24, 2.45) is 4.99 Å². The highest BCUT2D eigenvalue weighted by atomic mass is 35.5. The second-order valence-corrected chi connectivity index (χ2v) is 2.53. The summed E-state index contributed by atoms with van der Waals surface area (Å²) in [6, 6.07) is 2.54. The molecule has 0 amide bonds. The van der Waals surface area contributed by atoms with Crippen LogP contribution in [0, 0.1) is 5.41 Å². The van der Waals surface area contributed by atoms with Gasteiger partial charge in [-0.15, -0.1) is 12.4 Å². The summed E-state index contributed by atoms with van der Waals surface area (Å²) >= 11 is 0. The standard InChI is InChI=1S/C7H12N2.ClH/c8-6-9-7-4-2-1-3-5-7;/h7-8H,1-5H2;1H. The minimum atomic E-state index is 0. The molecule has 0 heterocycles. The lowest BCUT2D eigenvalue weighted by Crippen LogP contribution is -2.08. The molecule has 1 rings (SSSR count). The Hall–Kier alpha value is -0.330. The normalized spacial score (nSPS) is 18.8. The van der Waals surface area contributed by atoms with E-state index in [9.17, 15) is 0 Å². The summed E-state index contributed by atoms with van der Waals surface area (Å²) < 4.78 is 0. The van der Waals surface area contributed by atoms with E-state index in [2.05, 4.69) is 11.0 Å². The molecule has 58 valence electrons. The summed E-state index contributed by atoms with van der Waals surface area (Å²) in [5.74, 6) is 0. The number of hydrogen-bond acceptors (Lipinski definition) is 2. The molecule has 0 unspecified atom stereocenters. The maximum Gasteiger partial charge on any atom is 0.0864 e. The average Bonchev–Trinajstić information content (AvgIpc) is 1.91. The molecule has 1 aliphatic carbocycles. The van der Waals surface area contributed by atoms with E-state index in [4.69, 9.17) is 5.41 Å². The highest BCUT2D eigenvalue weighted by Gasteiger charge is 2.10. The Labute approximate surface area is 67.7 Å². The molecule has 10 heavy (non-hydrogen) atoms. The average molecular weight is 161 g/mol. The van der Waals surface area contributed by atoms with Crippen molar-refractivity contribution in [3.63, 3.8) is 0 Å². The van der Waals surface area contributed by atoms with Gasteiger partial charge in [-0.1, -0.05) is 19.3 Å². The number of aliphatic imine (C=N–C) groups is 1. The second-order valence-electron chi connectivity index (χ2n) is 2.53. The number of nitrogens with zero attached hydrogens (tertiary/aromatic N) is 1. The lowest BCUT2D eigenvalue weighted by molar-refractivity contribution is 0.444. The lowest BCUT2D eigenvalue weighted by atomic mass is 9.96. The van der Waals surface area contributed by atoms with Gasteiger partial charge >= 0.3 is 0 Å². The Morgan fingerprint density at radius 2 is 1.80 bits per heavy atom. The maximum atomic E-state index is 6.62. The fraction of sp³-hybridized carbons (Fsp3) is 0.857. The van der Waals surface area contributed by atoms with Gasteiger partial charge in [0.05, 0.1) is 12.1 Å². The third-order valence-corrected chi connectivity index (χ3v) is 1.82. The summed E-state index contributed by atoms with van der Waals surface area (Å²) in [6.45, 7) is 0. The minimum absolute atomic E-state index is 0. The third-order valence-electron chi connectivity index (χ3n) is 1.82. The van der Waals surface area contributed by atoms with Crippen molar-refractivity contribution in [1.82, 2.24) is 0 Å². The van der Waals surface area contributed by atoms with E-state index < -0.39 is 0 Å². The van der Waals surface area contributed by atoms with Crippen LogP contribution in [0.25, 0.3) is 0 Å². The first-order valence-corrected chi connectivity index (χ1v) is 3.55. The maximum absolute atomic E-state index is 6.62. The first kappa shape index (κ1) is 9.67. The molecule has 1 aliphatic rings. The first-order chi connectivity index (χ1) is 4.43. The molecule has 0 spiro atoms. The quantitative estimate of drug-likeness (QED) is 0.573. The van der Waals surface area contributed by atoms with Gasteiger partial charge < -0.3 is 0 Å². The van der Waals surface area contributed by atoms with E-state index in [1.54, 1.807) is 0 Å². The highest BCUT2D eigenvalue weighted by molar-refractivity contribution is 5.85. The number of hydrogen-bond donors (Lipinski definition) is 1. The second kappa shape index (κ2) is 5.45. The van der Waals surface area contributed by atoms with Gasteiger partial charge in [0.25, 0.3) is 0 Å². The van der Waals surface area contributed by atoms with Crippen molar-refractivity contribution < 1.29 is 0 Å². The van der Waals surface area contributed by atoms with Gasteiger partial charge in [-0.3, -0.25) is 0 Å². The van der Waals surface area contributed by atoms with Crippen molar-refractivity contribution in [3.8, 4) is 0 Å². The van der Waals surface area contributed by atoms with Crippen LogP contribution < -0.4 is 0 Å². The summed E-state index contributed by atoms with van der Waals surface area (Å²) in [5.41, 5.74) is 0. The van der Waals surface area contributed by atoms with E-state index in [1.165, 1.54) is 32.1 Å². The van der Waals surface area contributed by atoms with Crippen LogP contribution in [0.3, 0.4) is 0 Å². The summed E-state index contributed by atoms with van der Waals surface area (Å²) in [7, 11) is 0. The Kier molecular flexibility index (Phi) is 5.27. The zero-order valence-electron chi connectivity index (χ0n) is 5.97. The van der Waals surface area contributed by atoms with Crippen LogP contribution in [-0.2, 0) is 0 Å². The van der Waals surface area contributed by atoms with Gasteiger partial charge in [0.1, 0.15) is 0 Å². The van der Waals surface area contributed by atoms with E-state index in [-0.39, 0.29) is 12.4 Å². The molecule has 0 atom stereocenters. The van der Waals surface area contributed by atoms with Crippen LogP contribution >= 0.6 is 12.4 Å². The summed E-state index contributed by atoms with van der Waals surface area (Å²) in [4.78, 5) is 3.90. The van der Waals surface area contributed by atoms with Crippen molar-refractivity contribution >= 4 is 18.4 Å². The Balaban J connectivity index is 0.000000810. The molecule has 0 aliphatic heterocycles. The van der Waals surface area contributed by atoms with Gasteiger partial charge in [-0.25, -0.2) is 10.4 Å². The molecule has 3 heteroatoms. The van der Waals surface area contributed by atoms with Crippen LogP contribution in [0.2, 0.25) is 0 Å². The topological polar surface area (TPSA) is 36.2 Å². The molecule has 0 saturated heterocycles. The highest BCUT2D eigenvalue weighted by Crippen LogP contribution is 2.19. The van der Waals surface area contributed by atoms with Crippen LogP contribution in [0.4, 0.5) is 0 Å². The van der Waals surface area contributed by atoms with Crippen molar-refractivity contribution in [1.29, 1.82) is 5.41 Å². The van der Waals surface area contributed by atoms with E-state index in [0.717, 1.165) is 0 Å². The van der Waals surface area contributed by atoms with Gasteiger partial charge in [0, 0.05) is 0 Å². The monoisotopic (exact) mass is 160 g/mol. The van der Waals surface area contributed by atoms with E-state index in [0.29, 0.717) is 6.04 Å². The molecule has 1 saturated carbocycles. The molecular weight excluding hydrogens is 148 g/mol. The van der Waals surface area contributed by atoms with Gasteiger partial charge in [0.2, 0.25) is 0 Å². The molecule has 1 N–H and O–H groups in total. The van der Waals surface area contributed by atoms with Crippen molar-refractivity contribution in [2.75, 3.05) is 0 Å². The smallest absolute Gasteiger partial charge is 0.0864 e. The molecule has 0 aromatic rings. The van der Waals surface area contributed by atoms with Crippen LogP contribution in [0.5, 0.6) is 0 Å². The molecule has 0 aromatic heterocycles. The summed E-state index contributed by atoms with van der Waals surface area (Å²) in [6.07, 6.45) is 6.27. The molecule has 2 nitrogen and oxygen atoms in total. The SMILES string of the molecule is Cl.N=C=NC1CCCCC1. The van der Waals surface area contributed by atoms with E-state index >= 15 is 0 Å². The van der Waals surface area contributed by atoms with Crippen LogP contribution in [0.1, 0.15) is 32.1 Å². The molecule has 1 fully saturated rings. The summed E-state index contributed by atoms with van der Waals surface area (Å²) in [5, 5.41) is 6.62. The van der Waals surface area contributed by atoms with Gasteiger partial charge in [-0.05, 0) is 12.8 Å². The van der Waals surface area contributed by atoms with E-state index in [1.807, 2.05) is 0 Å². The molecule has 0 bridgehead atoms. The van der Waals surface area contributed by atoms with Gasteiger partial charge in [-0.2, -0.15) is 0 Å².